The van der Waals surface area contributed by atoms with Crippen LogP contribution in [0.3, 0.4) is 0 Å². The Bertz CT molecular complexity index is 283. The van der Waals surface area contributed by atoms with E-state index in [0.717, 1.165) is 12.8 Å². The van der Waals surface area contributed by atoms with Crippen molar-refractivity contribution in [3.05, 3.63) is 0 Å². The first kappa shape index (κ1) is 15.0. The molecule has 2 N–H and O–H groups in total. The molecule has 0 aliphatic heterocycles. The monoisotopic (exact) mass is 255 g/mol. The van der Waals surface area contributed by atoms with Gasteiger partial charge in [-0.15, -0.1) is 0 Å². The van der Waals surface area contributed by atoms with E-state index in [1.807, 2.05) is 13.8 Å². The lowest BCUT2D eigenvalue weighted by Crippen LogP contribution is -2.34. The second-order valence-corrected chi connectivity index (χ2v) is 5.82. The summed E-state index contributed by atoms with van der Waals surface area (Å²) < 4.78 is 0. The Hall–Kier alpha value is -1.06. The van der Waals surface area contributed by atoms with Crippen LogP contribution >= 0.6 is 0 Å². The number of carbonyl (C=O) groups excluding carboxylic acids is 1. The molecule has 1 aliphatic rings. The SMILES string of the molecule is CC(C)CC(CNC(=O)CC1CCCC1)C(=O)O. The molecule has 0 heterocycles. The van der Waals surface area contributed by atoms with Gasteiger partial charge in [-0.25, -0.2) is 0 Å². The van der Waals surface area contributed by atoms with E-state index in [-0.39, 0.29) is 12.5 Å². The van der Waals surface area contributed by atoms with Crippen molar-refractivity contribution in [2.75, 3.05) is 6.54 Å². The molecule has 1 unspecified atom stereocenters. The minimum Gasteiger partial charge on any atom is -0.481 e. The van der Waals surface area contributed by atoms with E-state index < -0.39 is 11.9 Å². The molecule has 4 nitrogen and oxygen atoms in total. The van der Waals surface area contributed by atoms with E-state index >= 15 is 0 Å². The zero-order chi connectivity index (χ0) is 13.5. The van der Waals surface area contributed by atoms with Gasteiger partial charge >= 0.3 is 5.97 Å². The smallest absolute Gasteiger partial charge is 0.308 e. The predicted molar refractivity (Wildman–Crippen MR) is 70.2 cm³/mol. The lowest BCUT2D eigenvalue weighted by molar-refractivity contribution is -0.142. The Labute approximate surface area is 109 Å². The van der Waals surface area contributed by atoms with Crippen LogP contribution in [0.15, 0.2) is 0 Å². The number of carbonyl (C=O) groups is 2. The topological polar surface area (TPSA) is 66.4 Å². The second-order valence-electron chi connectivity index (χ2n) is 5.82. The maximum atomic E-state index is 11.7. The molecule has 104 valence electrons. The van der Waals surface area contributed by atoms with Crippen LogP contribution in [-0.4, -0.2) is 23.5 Å². The van der Waals surface area contributed by atoms with Crippen LogP contribution in [0.1, 0.15) is 52.4 Å². The Morgan fingerprint density at radius 1 is 1.28 bits per heavy atom. The molecule has 1 amide bonds. The maximum absolute atomic E-state index is 11.7. The number of amides is 1. The summed E-state index contributed by atoms with van der Waals surface area (Å²) in [5.41, 5.74) is 0. The lowest BCUT2D eigenvalue weighted by Gasteiger charge is -2.16. The first-order chi connectivity index (χ1) is 8.49. The molecule has 0 aromatic heterocycles. The lowest BCUT2D eigenvalue weighted by atomic mass is 9.97. The van der Waals surface area contributed by atoms with Gasteiger partial charge in [0.05, 0.1) is 5.92 Å². The summed E-state index contributed by atoms with van der Waals surface area (Å²) >= 11 is 0. The van der Waals surface area contributed by atoms with Crippen molar-refractivity contribution in [3.63, 3.8) is 0 Å². The van der Waals surface area contributed by atoms with Crippen LogP contribution in [0.4, 0.5) is 0 Å². The van der Waals surface area contributed by atoms with E-state index in [4.69, 9.17) is 5.11 Å². The number of rotatable bonds is 7. The largest absolute Gasteiger partial charge is 0.481 e. The van der Waals surface area contributed by atoms with Crippen molar-refractivity contribution >= 4 is 11.9 Å². The van der Waals surface area contributed by atoms with Gasteiger partial charge in [0.15, 0.2) is 0 Å². The molecule has 0 aromatic carbocycles. The van der Waals surface area contributed by atoms with Crippen LogP contribution in [0.25, 0.3) is 0 Å². The molecular formula is C14H25NO3. The van der Waals surface area contributed by atoms with Crippen molar-refractivity contribution in [1.29, 1.82) is 0 Å². The molecule has 0 radical (unpaired) electrons. The summed E-state index contributed by atoms with van der Waals surface area (Å²) in [6.07, 6.45) is 5.91. The Morgan fingerprint density at radius 2 is 1.89 bits per heavy atom. The zero-order valence-electron chi connectivity index (χ0n) is 11.4. The second kappa shape index (κ2) is 7.39. The fourth-order valence-electron chi connectivity index (χ4n) is 2.63. The first-order valence-corrected chi connectivity index (χ1v) is 6.98. The summed E-state index contributed by atoms with van der Waals surface area (Å²) in [4.78, 5) is 22.7. The highest BCUT2D eigenvalue weighted by atomic mass is 16.4. The third kappa shape index (κ3) is 5.52. The van der Waals surface area contributed by atoms with Gasteiger partial charge in [0, 0.05) is 13.0 Å². The van der Waals surface area contributed by atoms with E-state index in [0.29, 0.717) is 24.7 Å². The van der Waals surface area contributed by atoms with Crippen molar-refractivity contribution in [1.82, 2.24) is 5.32 Å². The number of carboxylic acid groups (broad SMARTS) is 1. The summed E-state index contributed by atoms with van der Waals surface area (Å²) in [6, 6.07) is 0. The molecule has 0 spiro atoms. The van der Waals surface area contributed by atoms with Gasteiger partial charge in [0.25, 0.3) is 0 Å². The van der Waals surface area contributed by atoms with Gasteiger partial charge in [0.1, 0.15) is 0 Å². The van der Waals surface area contributed by atoms with E-state index in [1.165, 1.54) is 12.8 Å². The van der Waals surface area contributed by atoms with Crippen LogP contribution < -0.4 is 5.32 Å². The van der Waals surface area contributed by atoms with Crippen LogP contribution in [0.2, 0.25) is 0 Å². The molecule has 1 atom stereocenters. The molecule has 0 bridgehead atoms. The van der Waals surface area contributed by atoms with Crippen LogP contribution in [0, 0.1) is 17.8 Å². The van der Waals surface area contributed by atoms with E-state index in [9.17, 15) is 9.59 Å². The molecule has 1 fully saturated rings. The van der Waals surface area contributed by atoms with Crippen LogP contribution in [-0.2, 0) is 9.59 Å². The minimum atomic E-state index is -0.815. The minimum absolute atomic E-state index is 0.0110. The Balaban J connectivity index is 2.27. The highest BCUT2D eigenvalue weighted by molar-refractivity contribution is 5.77. The third-order valence-corrected chi connectivity index (χ3v) is 3.60. The Kier molecular flexibility index (Phi) is 6.16. The van der Waals surface area contributed by atoms with Gasteiger partial charge in [-0.2, -0.15) is 0 Å². The number of aliphatic carboxylic acids is 1. The molecule has 1 rings (SSSR count). The first-order valence-electron chi connectivity index (χ1n) is 6.98. The van der Waals surface area contributed by atoms with Crippen molar-refractivity contribution in [3.8, 4) is 0 Å². The van der Waals surface area contributed by atoms with Crippen molar-refractivity contribution < 1.29 is 14.7 Å². The van der Waals surface area contributed by atoms with Gasteiger partial charge in [-0.05, 0) is 31.1 Å². The highest BCUT2D eigenvalue weighted by Crippen LogP contribution is 2.27. The molecule has 1 aliphatic carbocycles. The van der Waals surface area contributed by atoms with E-state index in [1.54, 1.807) is 0 Å². The molecule has 1 saturated carbocycles. The summed E-state index contributed by atoms with van der Waals surface area (Å²) in [7, 11) is 0. The zero-order valence-corrected chi connectivity index (χ0v) is 11.4. The molecule has 0 saturated heterocycles. The third-order valence-electron chi connectivity index (χ3n) is 3.60. The molecule has 4 heteroatoms. The molecule has 0 aromatic rings. The number of carboxylic acids is 1. The Morgan fingerprint density at radius 3 is 2.39 bits per heavy atom. The summed E-state index contributed by atoms with van der Waals surface area (Å²) in [5, 5.41) is 11.8. The average Bonchev–Trinajstić information content (AvgIpc) is 2.76. The normalized spacial score (nSPS) is 17.9. The fraction of sp³-hybridized carbons (Fsp3) is 0.857. The van der Waals surface area contributed by atoms with Crippen molar-refractivity contribution in [2.24, 2.45) is 17.8 Å². The standard InChI is InChI=1S/C14H25NO3/c1-10(2)7-12(14(17)18)9-15-13(16)8-11-5-3-4-6-11/h10-12H,3-9H2,1-2H3,(H,15,16)(H,17,18). The van der Waals surface area contributed by atoms with Gasteiger partial charge in [-0.1, -0.05) is 26.7 Å². The average molecular weight is 255 g/mol. The van der Waals surface area contributed by atoms with Crippen molar-refractivity contribution in [2.45, 2.75) is 52.4 Å². The summed E-state index contributed by atoms with van der Waals surface area (Å²) in [6.45, 7) is 4.26. The van der Waals surface area contributed by atoms with Crippen LogP contribution in [0.5, 0.6) is 0 Å². The maximum Gasteiger partial charge on any atom is 0.308 e. The number of hydrogen-bond acceptors (Lipinski definition) is 2. The highest BCUT2D eigenvalue weighted by Gasteiger charge is 2.22. The molecular weight excluding hydrogens is 230 g/mol. The number of nitrogens with one attached hydrogen (secondary N) is 1. The van der Waals surface area contributed by atoms with E-state index in [2.05, 4.69) is 5.32 Å². The predicted octanol–water partition coefficient (Wildman–Crippen LogP) is 2.43. The number of hydrogen-bond donors (Lipinski definition) is 2. The molecule has 18 heavy (non-hydrogen) atoms. The quantitative estimate of drug-likeness (QED) is 0.734. The van der Waals surface area contributed by atoms with Gasteiger partial charge in [-0.3, -0.25) is 9.59 Å². The fourth-order valence-corrected chi connectivity index (χ4v) is 2.63. The summed E-state index contributed by atoms with van der Waals surface area (Å²) in [5.74, 6) is -0.421. The van der Waals surface area contributed by atoms with Gasteiger partial charge < -0.3 is 10.4 Å². The van der Waals surface area contributed by atoms with Gasteiger partial charge in [0.2, 0.25) is 5.91 Å².